The second-order valence-corrected chi connectivity index (χ2v) is 11.2. The molecule has 2 heterocycles. The molecule has 1 aliphatic rings. The van der Waals surface area contributed by atoms with Crippen LogP contribution in [0, 0.1) is 5.82 Å². The summed E-state index contributed by atoms with van der Waals surface area (Å²) in [6, 6.07) is 12.8. The lowest BCUT2D eigenvalue weighted by Gasteiger charge is -2.34. The van der Waals surface area contributed by atoms with Gasteiger partial charge in [-0.25, -0.2) is 14.4 Å². The van der Waals surface area contributed by atoms with Crippen LogP contribution in [0.3, 0.4) is 0 Å². The predicted octanol–water partition coefficient (Wildman–Crippen LogP) is 2.93. The number of hydrogen-bond acceptors (Lipinski definition) is 4. The van der Waals surface area contributed by atoms with E-state index in [0.29, 0.717) is 35.5 Å². The van der Waals surface area contributed by atoms with Gasteiger partial charge in [-0.2, -0.15) is 5.10 Å². The van der Waals surface area contributed by atoms with E-state index < -0.39 is 7.49 Å². The van der Waals surface area contributed by atoms with Crippen molar-refractivity contribution < 1.29 is 9.28 Å². The molecule has 7 heteroatoms. The number of hydrogen-bond donors (Lipinski definition) is 2. The zero-order valence-corrected chi connectivity index (χ0v) is 17.6. The molecule has 0 spiro atoms. The van der Waals surface area contributed by atoms with Gasteiger partial charge in [0.2, 0.25) is 0 Å². The molecule has 1 aliphatic heterocycles. The van der Waals surface area contributed by atoms with Gasteiger partial charge in [0.15, 0.2) is 18.6 Å². The molecule has 0 atom stereocenters. The number of nitrogens with zero attached hydrogens (tertiary/aromatic N) is 2. The molecule has 0 amide bonds. The third-order valence-corrected chi connectivity index (χ3v) is 8.97. The maximum absolute atomic E-state index is 14.7. The molecule has 0 unspecified atom stereocenters. The molecule has 2 N–H and O–H groups in total. The van der Waals surface area contributed by atoms with E-state index in [4.69, 9.17) is 0 Å². The van der Waals surface area contributed by atoms with Crippen LogP contribution < -0.4 is 10.9 Å². The van der Waals surface area contributed by atoms with Crippen LogP contribution in [0.1, 0.15) is 25.1 Å². The summed E-state index contributed by atoms with van der Waals surface area (Å²) in [5.74, 6) is -0.332. The van der Waals surface area contributed by atoms with E-state index in [2.05, 4.69) is 28.9 Å². The summed E-state index contributed by atoms with van der Waals surface area (Å²) in [6.07, 6.45) is 1.69. The van der Waals surface area contributed by atoms with Crippen molar-refractivity contribution in [2.45, 2.75) is 26.3 Å². The van der Waals surface area contributed by atoms with Crippen LogP contribution in [0.2, 0.25) is 0 Å². The zero-order chi connectivity index (χ0) is 20.6. The Morgan fingerprint density at radius 3 is 2.55 bits per heavy atom. The van der Waals surface area contributed by atoms with Gasteiger partial charge in [0.05, 0.1) is 11.1 Å². The Labute approximate surface area is 170 Å². The van der Waals surface area contributed by atoms with Crippen molar-refractivity contribution in [3.8, 4) is 0 Å². The van der Waals surface area contributed by atoms with E-state index in [1.54, 1.807) is 18.2 Å². The number of benzene rings is 2. The standard InChI is InChI=1S/C22H25FN3O2P/c1-15(2)26-9-11-29(28,12-10-26)21-14-16(7-8-19(21)23)13-20-17-5-3-4-6-18(17)22(27)25-24-20/h3-8,14-15,28H,9-13H2,1-2H3/p+1. The molecule has 0 saturated carbocycles. The fourth-order valence-electron chi connectivity index (χ4n) is 4.06. The van der Waals surface area contributed by atoms with Crippen LogP contribution in [0.5, 0.6) is 0 Å². The van der Waals surface area contributed by atoms with E-state index in [9.17, 15) is 14.1 Å². The molecular formula is C22H26FN3O2P+. The minimum absolute atomic E-state index is 0.221. The van der Waals surface area contributed by atoms with Crippen molar-refractivity contribution in [2.75, 3.05) is 25.4 Å². The number of aromatic nitrogens is 2. The number of rotatable bonds is 4. The van der Waals surface area contributed by atoms with Gasteiger partial charge in [0, 0.05) is 30.9 Å². The average molecular weight is 414 g/mol. The van der Waals surface area contributed by atoms with Gasteiger partial charge < -0.3 is 0 Å². The summed E-state index contributed by atoms with van der Waals surface area (Å²) in [5.41, 5.74) is 1.39. The fourth-order valence-corrected chi connectivity index (χ4v) is 6.81. The van der Waals surface area contributed by atoms with Crippen LogP contribution in [0.25, 0.3) is 10.8 Å². The Balaban J connectivity index is 1.65. The predicted molar refractivity (Wildman–Crippen MR) is 117 cm³/mol. The van der Waals surface area contributed by atoms with E-state index >= 15 is 0 Å². The molecule has 2 aromatic carbocycles. The highest BCUT2D eigenvalue weighted by molar-refractivity contribution is 7.77. The topological polar surface area (TPSA) is 69.2 Å². The Morgan fingerprint density at radius 1 is 1.17 bits per heavy atom. The molecular weight excluding hydrogens is 388 g/mol. The molecule has 5 nitrogen and oxygen atoms in total. The Morgan fingerprint density at radius 2 is 1.86 bits per heavy atom. The van der Waals surface area contributed by atoms with Gasteiger partial charge in [-0.15, -0.1) is 0 Å². The molecule has 152 valence electrons. The second-order valence-electron chi connectivity index (χ2n) is 8.01. The Bertz CT molecular complexity index is 1090. The van der Waals surface area contributed by atoms with Crippen molar-refractivity contribution in [1.82, 2.24) is 15.1 Å². The van der Waals surface area contributed by atoms with Crippen LogP contribution in [-0.2, 0) is 6.42 Å². The lowest BCUT2D eigenvalue weighted by Crippen LogP contribution is -2.43. The van der Waals surface area contributed by atoms with Crippen molar-refractivity contribution in [3.63, 3.8) is 0 Å². The Hall–Kier alpha value is -2.14. The van der Waals surface area contributed by atoms with Gasteiger partial charge in [-0.3, -0.25) is 9.69 Å². The minimum Gasteiger partial charge on any atom is -0.294 e. The molecule has 29 heavy (non-hydrogen) atoms. The highest BCUT2D eigenvalue weighted by Crippen LogP contribution is 2.55. The first-order chi connectivity index (χ1) is 13.9. The molecule has 0 aliphatic carbocycles. The number of H-pyrrole nitrogens is 1. The third kappa shape index (κ3) is 3.97. The fraction of sp³-hybridized carbons (Fsp3) is 0.364. The number of aromatic amines is 1. The summed E-state index contributed by atoms with van der Waals surface area (Å²) in [6.45, 7) is 5.87. The SMILES string of the molecule is CC(C)N1CC[P+](O)(c2cc(Cc3n[nH]c(=O)c4ccccc34)ccc2F)CC1. The van der Waals surface area contributed by atoms with Crippen LogP contribution in [0.4, 0.5) is 4.39 Å². The molecule has 1 aromatic heterocycles. The number of nitrogens with one attached hydrogen (secondary N) is 1. The quantitative estimate of drug-likeness (QED) is 0.644. The van der Waals surface area contributed by atoms with Crippen molar-refractivity contribution in [1.29, 1.82) is 0 Å². The maximum Gasteiger partial charge on any atom is 0.272 e. The van der Waals surface area contributed by atoms with Gasteiger partial charge in [0.1, 0.15) is 12.3 Å². The summed E-state index contributed by atoms with van der Waals surface area (Å²) in [7, 11) is -2.51. The number of halogens is 1. The smallest absolute Gasteiger partial charge is 0.272 e. The van der Waals surface area contributed by atoms with Gasteiger partial charge in [-0.1, -0.05) is 24.3 Å². The van der Waals surface area contributed by atoms with Crippen LogP contribution >= 0.6 is 7.49 Å². The van der Waals surface area contributed by atoms with Crippen molar-refractivity contribution >= 4 is 23.6 Å². The summed E-state index contributed by atoms with van der Waals surface area (Å²) in [4.78, 5) is 25.6. The summed E-state index contributed by atoms with van der Waals surface area (Å²) in [5, 5.41) is 8.62. The largest absolute Gasteiger partial charge is 0.294 e. The molecule has 3 aromatic rings. The first kappa shape index (κ1) is 20.1. The summed E-state index contributed by atoms with van der Waals surface area (Å²) < 4.78 is 14.7. The van der Waals surface area contributed by atoms with E-state index in [-0.39, 0.29) is 11.4 Å². The van der Waals surface area contributed by atoms with Crippen molar-refractivity contribution in [3.05, 3.63) is 69.9 Å². The molecule has 0 radical (unpaired) electrons. The van der Waals surface area contributed by atoms with E-state index in [0.717, 1.165) is 29.7 Å². The third-order valence-electron chi connectivity index (χ3n) is 5.85. The zero-order valence-electron chi connectivity index (χ0n) is 16.7. The molecule has 0 bridgehead atoms. The first-order valence-corrected chi connectivity index (χ1v) is 12.1. The Kier molecular flexibility index (Phi) is 5.52. The average Bonchev–Trinajstić information content (AvgIpc) is 2.72. The lowest BCUT2D eigenvalue weighted by molar-refractivity contribution is 0.238. The molecule has 1 fully saturated rings. The monoisotopic (exact) mass is 414 g/mol. The normalized spacial score (nSPS) is 17.1. The van der Waals surface area contributed by atoms with Gasteiger partial charge in [-0.05, 0) is 37.6 Å². The second kappa shape index (κ2) is 7.94. The molecule has 1 saturated heterocycles. The number of fused-ring (bicyclic) bond motifs is 1. The molecule has 4 rings (SSSR count). The maximum atomic E-state index is 14.7. The van der Waals surface area contributed by atoms with E-state index in [1.807, 2.05) is 18.2 Å². The lowest BCUT2D eigenvalue weighted by atomic mass is 10.0. The van der Waals surface area contributed by atoms with Gasteiger partial charge >= 0.3 is 0 Å². The summed E-state index contributed by atoms with van der Waals surface area (Å²) >= 11 is 0. The first-order valence-electron chi connectivity index (χ1n) is 9.96. The van der Waals surface area contributed by atoms with Crippen LogP contribution in [-0.4, -0.2) is 51.4 Å². The van der Waals surface area contributed by atoms with Gasteiger partial charge in [0.25, 0.3) is 5.56 Å². The van der Waals surface area contributed by atoms with E-state index in [1.165, 1.54) is 6.07 Å². The minimum atomic E-state index is -2.51. The van der Waals surface area contributed by atoms with Crippen LogP contribution in [0.15, 0.2) is 47.3 Å². The van der Waals surface area contributed by atoms with Crippen molar-refractivity contribution in [2.24, 2.45) is 0 Å². The highest BCUT2D eigenvalue weighted by atomic mass is 31.2. The highest BCUT2D eigenvalue weighted by Gasteiger charge is 2.44.